The highest BCUT2D eigenvalue weighted by atomic mass is 32.2. The van der Waals surface area contributed by atoms with E-state index < -0.39 is 0 Å². The zero-order valence-electron chi connectivity index (χ0n) is 11.0. The van der Waals surface area contributed by atoms with E-state index in [9.17, 15) is 5.11 Å². The molecular weight excluding hydrogens is 260 g/mol. The molecule has 0 amide bonds. The van der Waals surface area contributed by atoms with E-state index in [1.54, 1.807) is 25.1 Å². The molecule has 0 aliphatic carbocycles. The Hall–Kier alpha value is -1.30. The summed E-state index contributed by atoms with van der Waals surface area (Å²) in [7, 11) is 1.69. The van der Waals surface area contributed by atoms with Crippen LogP contribution in [-0.4, -0.2) is 34.1 Å². The largest absolute Gasteiger partial charge is 0.390 e. The molecule has 0 spiro atoms. The molecule has 4 nitrogen and oxygen atoms in total. The maximum Gasteiger partial charge on any atom is 0.168 e. The van der Waals surface area contributed by atoms with Crippen LogP contribution in [0.25, 0.3) is 0 Å². The van der Waals surface area contributed by atoms with Crippen LogP contribution in [0, 0.1) is 0 Å². The summed E-state index contributed by atoms with van der Waals surface area (Å²) in [5.41, 5.74) is 2.03. The number of imidazole rings is 1. The zero-order valence-corrected chi connectivity index (χ0v) is 11.8. The van der Waals surface area contributed by atoms with Crippen molar-refractivity contribution >= 4 is 11.8 Å². The number of nitrogens with zero attached hydrogens (tertiary/aromatic N) is 2. The second-order valence-corrected chi connectivity index (χ2v) is 5.17. The van der Waals surface area contributed by atoms with Crippen LogP contribution in [-0.2, 0) is 17.9 Å². The Morgan fingerprint density at radius 2 is 2.11 bits per heavy atom. The highest BCUT2D eigenvalue weighted by Gasteiger charge is 2.10. The van der Waals surface area contributed by atoms with Gasteiger partial charge in [-0.1, -0.05) is 42.1 Å². The summed E-state index contributed by atoms with van der Waals surface area (Å²) in [6.07, 6.45) is 1.73. The van der Waals surface area contributed by atoms with E-state index >= 15 is 0 Å². The van der Waals surface area contributed by atoms with Gasteiger partial charge in [0, 0.05) is 19.4 Å². The third-order valence-electron chi connectivity index (χ3n) is 2.77. The van der Waals surface area contributed by atoms with E-state index in [-0.39, 0.29) is 6.61 Å². The lowest BCUT2D eigenvalue weighted by Crippen LogP contribution is -2.06. The average Bonchev–Trinajstić information content (AvgIpc) is 2.83. The first-order chi connectivity index (χ1) is 9.35. The first-order valence-corrected chi connectivity index (χ1v) is 7.14. The number of methoxy groups -OCH3 is 1. The summed E-state index contributed by atoms with van der Waals surface area (Å²) in [4.78, 5) is 4.37. The molecule has 0 fully saturated rings. The van der Waals surface area contributed by atoms with E-state index in [1.807, 2.05) is 18.2 Å². The Kier molecular flexibility index (Phi) is 5.44. The molecule has 0 unspecified atom stereocenters. The fourth-order valence-electron chi connectivity index (χ4n) is 1.78. The summed E-state index contributed by atoms with van der Waals surface area (Å²) in [6.45, 7) is 1.42. The van der Waals surface area contributed by atoms with Crippen LogP contribution < -0.4 is 0 Å². The van der Waals surface area contributed by atoms with Crippen LogP contribution in [0.4, 0.5) is 0 Å². The van der Waals surface area contributed by atoms with Gasteiger partial charge in [0.05, 0.1) is 25.1 Å². The molecule has 2 rings (SSSR count). The Bertz CT molecular complexity index is 499. The summed E-state index contributed by atoms with van der Waals surface area (Å²) in [5, 5.41) is 10.3. The minimum Gasteiger partial charge on any atom is -0.390 e. The maximum atomic E-state index is 9.39. The number of aliphatic hydroxyl groups is 1. The van der Waals surface area contributed by atoms with Crippen molar-refractivity contribution in [3.8, 4) is 0 Å². The Morgan fingerprint density at radius 1 is 1.32 bits per heavy atom. The van der Waals surface area contributed by atoms with Gasteiger partial charge < -0.3 is 14.4 Å². The number of thioether (sulfide) groups is 1. The molecule has 19 heavy (non-hydrogen) atoms. The van der Waals surface area contributed by atoms with Crippen LogP contribution in [0.1, 0.15) is 11.3 Å². The van der Waals surface area contributed by atoms with Gasteiger partial charge in [0.1, 0.15) is 0 Å². The molecular formula is C14H18N2O2S. The smallest absolute Gasteiger partial charge is 0.168 e. The topological polar surface area (TPSA) is 47.3 Å². The van der Waals surface area contributed by atoms with Gasteiger partial charge in [-0.3, -0.25) is 0 Å². The fourth-order valence-corrected chi connectivity index (χ4v) is 2.68. The molecule has 0 atom stereocenters. The predicted octanol–water partition coefficient (Wildman–Crippen LogP) is 2.16. The molecule has 0 aliphatic heterocycles. The number of ether oxygens (including phenoxy) is 1. The third-order valence-corrected chi connectivity index (χ3v) is 3.72. The fraction of sp³-hybridized carbons (Fsp3) is 0.357. The lowest BCUT2D eigenvalue weighted by Gasteiger charge is -2.10. The normalized spacial score (nSPS) is 10.8. The minimum absolute atomic E-state index is 0.00463. The quantitative estimate of drug-likeness (QED) is 0.623. The van der Waals surface area contributed by atoms with Crippen molar-refractivity contribution in [3.63, 3.8) is 0 Å². The van der Waals surface area contributed by atoms with Crippen LogP contribution in [0.15, 0.2) is 41.7 Å². The van der Waals surface area contributed by atoms with Gasteiger partial charge in [0.2, 0.25) is 0 Å². The van der Waals surface area contributed by atoms with Crippen molar-refractivity contribution in [2.75, 3.05) is 19.5 Å². The number of rotatable bonds is 7. The van der Waals surface area contributed by atoms with Gasteiger partial charge in [0.15, 0.2) is 5.16 Å². The number of hydrogen-bond donors (Lipinski definition) is 1. The summed E-state index contributed by atoms with van der Waals surface area (Å²) < 4.78 is 7.10. The molecule has 1 N–H and O–H groups in total. The van der Waals surface area contributed by atoms with E-state index in [0.29, 0.717) is 6.61 Å². The van der Waals surface area contributed by atoms with Gasteiger partial charge in [-0.05, 0) is 5.56 Å². The zero-order chi connectivity index (χ0) is 13.5. The average molecular weight is 278 g/mol. The highest BCUT2D eigenvalue weighted by molar-refractivity contribution is 7.99. The summed E-state index contributed by atoms with van der Waals surface area (Å²) in [6, 6.07) is 10.2. The molecule has 0 aliphatic rings. The van der Waals surface area contributed by atoms with E-state index in [0.717, 1.165) is 23.1 Å². The van der Waals surface area contributed by atoms with Gasteiger partial charge in [-0.25, -0.2) is 4.98 Å². The van der Waals surface area contributed by atoms with Gasteiger partial charge in [-0.15, -0.1) is 0 Å². The maximum absolute atomic E-state index is 9.39. The SMILES string of the molecule is COCCSc1ncc(CO)n1Cc1ccccc1. The van der Waals surface area contributed by atoms with E-state index in [1.165, 1.54) is 5.56 Å². The highest BCUT2D eigenvalue weighted by Crippen LogP contribution is 2.20. The Balaban J connectivity index is 2.14. The number of aromatic nitrogens is 2. The number of benzene rings is 1. The minimum atomic E-state index is 0.00463. The molecule has 1 aromatic carbocycles. The molecule has 1 aromatic heterocycles. The monoisotopic (exact) mass is 278 g/mol. The van der Waals surface area contributed by atoms with Gasteiger partial charge in [-0.2, -0.15) is 0 Å². The van der Waals surface area contributed by atoms with Crippen LogP contribution in [0.5, 0.6) is 0 Å². The molecule has 0 bridgehead atoms. The summed E-state index contributed by atoms with van der Waals surface area (Å²) in [5.74, 6) is 0.854. The van der Waals surface area contributed by atoms with Crippen LogP contribution >= 0.6 is 11.8 Å². The molecule has 0 saturated heterocycles. The predicted molar refractivity (Wildman–Crippen MR) is 76.3 cm³/mol. The molecule has 5 heteroatoms. The van der Waals surface area contributed by atoms with Crippen molar-refractivity contribution in [1.82, 2.24) is 9.55 Å². The van der Waals surface area contributed by atoms with Crippen molar-refractivity contribution < 1.29 is 9.84 Å². The second-order valence-electron chi connectivity index (χ2n) is 4.10. The molecule has 0 saturated carbocycles. The van der Waals surface area contributed by atoms with Crippen molar-refractivity contribution in [2.45, 2.75) is 18.3 Å². The van der Waals surface area contributed by atoms with E-state index in [2.05, 4.69) is 21.7 Å². The standard InChI is InChI=1S/C14H18N2O2S/c1-18-7-8-19-14-15-9-13(11-17)16(14)10-12-5-3-2-4-6-12/h2-6,9,17H,7-8,10-11H2,1H3. The van der Waals surface area contributed by atoms with Crippen LogP contribution in [0.2, 0.25) is 0 Å². The first-order valence-electron chi connectivity index (χ1n) is 6.16. The third kappa shape index (κ3) is 3.83. The molecule has 1 heterocycles. The molecule has 2 aromatic rings. The molecule has 102 valence electrons. The second kappa shape index (κ2) is 7.33. The van der Waals surface area contributed by atoms with Gasteiger partial charge >= 0.3 is 0 Å². The molecule has 0 radical (unpaired) electrons. The van der Waals surface area contributed by atoms with Crippen molar-refractivity contribution in [3.05, 3.63) is 47.8 Å². The Labute approximate surface area is 117 Å². The van der Waals surface area contributed by atoms with Crippen molar-refractivity contribution in [1.29, 1.82) is 0 Å². The first kappa shape index (κ1) is 14.1. The lowest BCUT2D eigenvalue weighted by atomic mass is 10.2. The number of hydrogen-bond acceptors (Lipinski definition) is 4. The lowest BCUT2D eigenvalue weighted by molar-refractivity contribution is 0.218. The van der Waals surface area contributed by atoms with Crippen molar-refractivity contribution in [2.24, 2.45) is 0 Å². The summed E-state index contributed by atoms with van der Waals surface area (Å²) >= 11 is 1.64. The Morgan fingerprint density at radius 3 is 2.79 bits per heavy atom. The number of aliphatic hydroxyl groups excluding tert-OH is 1. The van der Waals surface area contributed by atoms with E-state index in [4.69, 9.17) is 4.74 Å². The van der Waals surface area contributed by atoms with Gasteiger partial charge in [0.25, 0.3) is 0 Å². The van der Waals surface area contributed by atoms with Crippen LogP contribution in [0.3, 0.4) is 0 Å².